The Hall–Kier alpha value is -3.20. The molecule has 9 heteroatoms. The van der Waals surface area contributed by atoms with Gasteiger partial charge in [-0.25, -0.2) is 0 Å². The van der Waals surface area contributed by atoms with E-state index < -0.39 is 17.7 Å². The first-order chi connectivity index (χ1) is 13.8. The molecule has 0 saturated carbocycles. The number of carbonyl (C=O) groups excluding carboxylic acids is 1. The largest absolute Gasteiger partial charge is 0.468 e. The number of hydrogen-bond acceptors (Lipinski definition) is 6. The van der Waals surface area contributed by atoms with Crippen molar-refractivity contribution in [2.45, 2.75) is 19.3 Å². The van der Waals surface area contributed by atoms with Crippen molar-refractivity contribution in [1.82, 2.24) is 15.0 Å². The van der Waals surface area contributed by atoms with Gasteiger partial charge in [-0.15, -0.1) is 0 Å². The zero-order chi connectivity index (χ0) is 20.9. The SMILES string of the molecule is COC(=O)CN(Cc1ccccc1)Cc1nc(-c2ccc(C(F)(F)F)cc2)no1. The predicted octanol–water partition coefficient (Wildman–Crippen LogP) is 3.93. The molecule has 152 valence electrons. The third-order valence-electron chi connectivity index (χ3n) is 4.13. The van der Waals surface area contributed by atoms with Crippen molar-refractivity contribution in [3.05, 3.63) is 71.6 Å². The number of methoxy groups -OCH3 is 1. The molecular formula is C20H18F3N3O3. The summed E-state index contributed by atoms with van der Waals surface area (Å²) >= 11 is 0. The fraction of sp³-hybridized carbons (Fsp3) is 0.250. The van der Waals surface area contributed by atoms with Crippen LogP contribution in [0.2, 0.25) is 0 Å². The van der Waals surface area contributed by atoms with Gasteiger partial charge < -0.3 is 9.26 Å². The van der Waals surface area contributed by atoms with Crippen LogP contribution in [0.15, 0.2) is 59.1 Å². The highest BCUT2D eigenvalue weighted by atomic mass is 19.4. The second kappa shape index (κ2) is 8.87. The van der Waals surface area contributed by atoms with Crippen LogP contribution < -0.4 is 0 Å². The van der Waals surface area contributed by atoms with Crippen molar-refractivity contribution in [2.24, 2.45) is 0 Å². The van der Waals surface area contributed by atoms with E-state index in [0.717, 1.165) is 17.7 Å². The lowest BCUT2D eigenvalue weighted by atomic mass is 10.1. The molecule has 0 saturated heterocycles. The first-order valence-corrected chi connectivity index (χ1v) is 8.68. The Morgan fingerprint density at radius 3 is 2.38 bits per heavy atom. The standard InChI is InChI=1S/C20H18F3N3O3/c1-28-18(27)13-26(11-14-5-3-2-4-6-14)12-17-24-19(25-29-17)15-7-9-16(10-8-15)20(21,22)23/h2-10H,11-13H2,1H3. The summed E-state index contributed by atoms with van der Waals surface area (Å²) in [4.78, 5) is 17.7. The third kappa shape index (κ3) is 5.64. The number of esters is 1. The van der Waals surface area contributed by atoms with E-state index in [2.05, 4.69) is 10.1 Å². The Balaban J connectivity index is 1.73. The lowest BCUT2D eigenvalue weighted by molar-refractivity contribution is -0.142. The summed E-state index contributed by atoms with van der Waals surface area (Å²) in [5.74, 6) is -0.00500. The van der Waals surface area contributed by atoms with Gasteiger partial charge in [-0.05, 0) is 17.7 Å². The number of rotatable bonds is 7. The highest BCUT2D eigenvalue weighted by molar-refractivity contribution is 5.71. The zero-order valence-electron chi connectivity index (χ0n) is 15.5. The molecule has 0 spiro atoms. The molecule has 0 unspecified atom stereocenters. The monoisotopic (exact) mass is 405 g/mol. The number of nitrogens with zero attached hydrogens (tertiary/aromatic N) is 3. The van der Waals surface area contributed by atoms with Crippen molar-refractivity contribution >= 4 is 5.97 Å². The molecule has 0 aliphatic heterocycles. The summed E-state index contributed by atoms with van der Waals surface area (Å²) in [7, 11) is 1.30. The van der Waals surface area contributed by atoms with Crippen molar-refractivity contribution < 1.29 is 27.2 Å². The molecule has 29 heavy (non-hydrogen) atoms. The Morgan fingerprint density at radius 1 is 1.07 bits per heavy atom. The number of benzene rings is 2. The average Bonchev–Trinajstić information content (AvgIpc) is 3.16. The first-order valence-electron chi connectivity index (χ1n) is 8.68. The van der Waals surface area contributed by atoms with E-state index in [9.17, 15) is 18.0 Å². The van der Waals surface area contributed by atoms with Gasteiger partial charge in [0.2, 0.25) is 11.7 Å². The molecule has 0 N–H and O–H groups in total. The molecule has 0 aliphatic carbocycles. The van der Waals surface area contributed by atoms with Crippen LogP contribution in [0.25, 0.3) is 11.4 Å². The fourth-order valence-corrected chi connectivity index (χ4v) is 2.69. The van der Waals surface area contributed by atoms with Crippen LogP contribution in [0.1, 0.15) is 17.0 Å². The lowest BCUT2D eigenvalue weighted by Gasteiger charge is -2.19. The quantitative estimate of drug-likeness (QED) is 0.555. The minimum Gasteiger partial charge on any atom is -0.468 e. The fourth-order valence-electron chi connectivity index (χ4n) is 2.69. The Labute approximate surface area is 164 Å². The molecular weight excluding hydrogens is 387 g/mol. The van der Waals surface area contributed by atoms with Crippen LogP contribution in [0, 0.1) is 0 Å². The zero-order valence-corrected chi connectivity index (χ0v) is 15.5. The van der Waals surface area contributed by atoms with E-state index in [1.807, 2.05) is 30.3 Å². The summed E-state index contributed by atoms with van der Waals surface area (Å²) in [5.41, 5.74) is 0.631. The molecule has 1 aromatic heterocycles. The molecule has 3 rings (SSSR count). The summed E-state index contributed by atoms with van der Waals surface area (Å²) in [5, 5.41) is 3.83. The molecule has 0 bridgehead atoms. The van der Waals surface area contributed by atoms with Gasteiger partial charge in [-0.2, -0.15) is 18.2 Å². The molecule has 0 amide bonds. The summed E-state index contributed by atoms with van der Waals surface area (Å²) in [6.45, 7) is 0.648. The van der Waals surface area contributed by atoms with Crippen molar-refractivity contribution in [2.75, 3.05) is 13.7 Å². The van der Waals surface area contributed by atoms with Crippen LogP contribution in [-0.4, -0.2) is 34.7 Å². The molecule has 1 heterocycles. The lowest BCUT2D eigenvalue weighted by Crippen LogP contribution is -2.30. The molecule has 0 fully saturated rings. The van der Waals surface area contributed by atoms with Crippen LogP contribution in [0.4, 0.5) is 13.2 Å². The number of alkyl halides is 3. The molecule has 0 atom stereocenters. The van der Waals surface area contributed by atoms with Crippen molar-refractivity contribution in [3.63, 3.8) is 0 Å². The van der Waals surface area contributed by atoms with Gasteiger partial charge in [0.15, 0.2) is 0 Å². The molecule has 0 radical (unpaired) electrons. The van der Waals surface area contributed by atoms with E-state index >= 15 is 0 Å². The van der Waals surface area contributed by atoms with Crippen LogP contribution in [-0.2, 0) is 28.8 Å². The smallest absolute Gasteiger partial charge is 0.416 e. The van der Waals surface area contributed by atoms with Gasteiger partial charge in [-0.3, -0.25) is 9.69 Å². The molecule has 3 aromatic rings. The highest BCUT2D eigenvalue weighted by Gasteiger charge is 2.30. The molecule has 6 nitrogen and oxygen atoms in total. The number of ether oxygens (including phenoxy) is 1. The highest BCUT2D eigenvalue weighted by Crippen LogP contribution is 2.30. The Kier molecular flexibility index (Phi) is 6.28. The number of carbonyl (C=O) groups is 1. The first kappa shape index (κ1) is 20.5. The topological polar surface area (TPSA) is 68.5 Å². The average molecular weight is 405 g/mol. The van der Waals surface area contributed by atoms with E-state index in [1.165, 1.54) is 19.2 Å². The van der Waals surface area contributed by atoms with Crippen molar-refractivity contribution in [1.29, 1.82) is 0 Å². The van der Waals surface area contributed by atoms with Gasteiger partial charge in [-0.1, -0.05) is 47.6 Å². The third-order valence-corrected chi connectivity index (χ3v) is 4.13. The molecule has 2 aromatic carbocycles. The summed E-state index contributed by atoms with van der Waals surface area (Å²) in [6.07, 6.45) is -4.41. The Morgan fingerprint density at radius 2 is 1.76 bits per heavy atom. The second-order valence-corrected chi connectivity index (χ2v) is 6.29. The van der Waals surface area contributed by atoms with E-state index in [4.69, 9.17) is 9.26 Å². The minimum atomic E-state index is -4.41. The maximum absolute atomic E-state index is 12.7. The Bertz CT molecular complexity index is 941. The van der Waals surface area contributed by atoms with E-state index in [1.54, 1.807) is 4.90 Å². The normalized spacial score (nSPS) is 11.6. The van der Waals surface area contributed by atoms with Gasteiger partial charge >= 0.3 is 12.1 Å². The van der Waals surface area contributed by atoms with Crippen molar-refractivity contribution in [3.8, 4) is 11.4 Å². The molecule has 0 aliphatic rings. The van der Waals surface area contributed by atoms with Gasteiger partial charge in [0, 0.05) is 12.1 Å². The number of halogens is 3. The number of hydrogen-bond donors (Lipinski definition) is 0. The van der Waals surface area contributed by atoms with Gasteiger partial charge in [0.1, 0.15) is 0 Å². The minimum absolute atomic E-state index is 0.0172. The number of aromatic nitrogens is 2. The predicted molar refractivity (Wildman–Crippen MR) is 97.3 cm³/mol. The van der Waals surface area contributed by atoms with E-state index in [-0.39, 0.29) is 24.8 Å². The summed E-state index contributed by atoms with van der Waals surface area (Å²) < 4.78 is 48.0. The van der Waals surface area contributed by atoms with Crippen LogP contribution in [0.3, 0.4) is 0 Å². The van der Waals surface area contributed by atoms with Gasteiger partial charge in [0.05, 0.1) is 25.8 Å². The summed E-state index contributed by atoms with van der Waals surface area (Å²) in [6, 6.07) is 14.0. The maximum atomic E-state index is 12.7. The van der Waals surface area contributed by atoms with Gasteiger partial charge in [0.25, 0.3) is 0 Å². The van der Waals surface area contributed by atoms with Crippen LogP contribution in [0.5, 0.6) is 0 Å². The maximum Gasteiger partial charge on any atom is 0.416 e. The van der Waals surface area contributed by atoms with E-state index in [0.29, 0.717) is 12.1 Å². The second-order valence-electron chi connectivity index (χ2n) is 6.29. The van der Waals surface area contributed by atoms with Crippen LogP contribution >= 0.6 is 0 Å².